The average molecular weight is 209 g/mol. The minimum absolute atomic E-state index is 0.194. The van der Waals surface area contributed by atoms with Gasteiger partial charge in [0, 0.05) is 0 Å². The van der Waals surface area contributed by atoms with Crippen molar-refractivity contribution >= 4 is 0 Å². The zero-order valence-corrected chi connectivity index (χ0v) is 8.68. The maximum absolute atomic E-state index is 13.5. The van der Waals surface area contributed by atoms with Crippen LogP contribution < -0.4 is 0 Å². The molecule has 0 N–H and O–H groups in total. The maximum Gasteiger partial charge on any atom is 0.162 e. The van der Waals surface area contributed by atoms with Crippen LogP contribution in [0.1, 0.15) is 43.6 Å². The van der Waals surface area contributed by atoms with Crippen molar-refractivity contribution in [2.75, 3.05) is 0 Å². The van der Waals surface area contributed by atoms with Gasteiger partial charge in [-0.15, -0.1) is 0 Å². The van der Waals surface area contributed by atoms with E-state index < -0.39 is 11.6 Å². The highest BCUT2D eigenvalue weighted by Crippen LogP contribution is 2.33. The second-order valence-electron chi connectivity index (χ2n) is 4.14. The van der Waals surface area contributed by atoms with Gasteiger partial charge < -0.3 is 0 Å². The largest absolute Gasteiger partial charge is 0.204 e. The third kappa shape index (κ3) is 2.36. The number of rotatable bonds is 1. The summed E-state index contributed by atoms with van der Waals surface area (Å²) in [6.45, 7) is 0. The van der Waals surface area contributed by atoms with Crippen LogP contribution in [0.25, 0.3) is 0 Å². The molecule has 2 rings (SSSR count). The molecule has 0 nitrogen and oxygen atoms in total. The molecule has 0 saturated heterocycles. The minimum atomic E-state index is -0.722. The minimum Gasteiger partial charge on any atom is -0.204 e. The summed E-state index contributed by atoms with van der Waals surface area (Å²) in [5.41, 5.74) is 0.560. The Morgan fingerprint density at radius 3 is 2.80 bits per heavy atom. The van der Waals surface area contributed by atoms with Crippen LogP contribution in [0.5, 0.6) is 0 Å². The average Bonchev–Trinajstić information content (AvgIpc) is 2.50. The van der Waals surface area contributed by atoms with E-state index in [0.717, 1.165) is 32.1 Å². The van der Waals surface area contributed by atoms with Crippen molar-refractivity contribution in [3.63, 3.8) is 0 Å². The Balaban J connectivity index is 2.23. The number of benzene rings is 1. The van der Waals surface area contributed by atoms with Crippen LogP contribution in [-0.4, -0.2) is 0 Å². The van der Waals surface area contributed by atoms with Gasteiger partial charge in [0.1, 0.15) is 0 Å². The van der Waals surface area contributed by atoms with Gasteiger partial charge in [0.15, 0.2) is 11.6 Å². The van der Waals surface area contributed by atoms with Crippen LogP contribution in [0.15, 0.2) is 18.2 Å². The van der Waals surface area contributed by atoms with E-state index in [2.05, 4.69) is 6.42 Å². The number of halogens is 2. The lowest BCUT2D eigenvalue weighted by Crippen LogP contribution is -2.02. The lowest BCUT2D eigenvalue weighted by Gasteiger charge is -2.15. The first-order chi connectivity index (χ1) is 7.29. The van der Waals surface area contributed by atoms with Gasteiger partial charge in [-0.1, -0.05) is 25.0 Å². The smallest absolute Gasteiger partial charge is 0.162 e. The van der Waals surface area contributed by atoms with Crippen LogP contribution in [0.4, 0.5) is 8.78 Å². The monoisotopic (exact) mass is 209 g/mol. The van der Waals surface area contributed by atoms with Crippen molar-refractivity contribution in [1.82, 2.24) is 0 Å². The first kappa shape index (κ1) is 10.6. The fraction of sp³-hybridized carbons (Fsp3) is 0.462. The summed E-state index contributed by atoms with van der Waals surface area (Å²) >= 11 is 0. The Labute approximate surface area is 89.3 Å². The van der Waals surface area contributed by atoms with E-state index in [4.69, 9.17) is 0 Å². The topological polar surface area (TPSA) is 0 Å². The van der Waals surface area contributed by atoms with Gasteiger partial charge in [0.05, 0.1) is 0 Å². The Bertz CT molecular complexity index is 325. The number of hydrogen-bond donors (Lipinski definition) is 0. The molecule has 1 fully saturated rings. The molecule has 0 bridgehead atoms. The highest BCUT2D eigenvalue weighted by atomic mass is 19.2. The third-order valence-corrected chi connectivity index (χ3v) is 3.10. The summed E-state index contributed by atoms with van der Waals surface area (Å²) in [5, 5.41) is 0. The molecule has 1 radical (unpaired) electrons. The summed E-state index contributed by atoms with van der Waals surface area (Å²) in [5.74, 6) is -1.18. The standard InChI is InChI=1S/C13H15F2/c14-12-9-5-8-11(13(12)15)10-6-3-1-2-4-7-10/h1,5,8-10H,2-4,6-7H2. The molecule has 0 aromatic heterocycles. The zero-order chi connectivity index (χ0) is 10.7. The Morgan fingerprint density at radius 2 is 1.93 bits per heavy atom. The Morgan fingerprint density at radius 1 is 1.07 bits per heavy atom. The first-order valence-corrected chi connectivity index (χ1v) is 5.54. The molecule has 1 atom stereocenters. The maximum atomic E-state index is 13.5. The molecule has 0 amide bonds. The van der Waals surface area contributed by atoms with Crippen LogP contribution in [0.2, 0.25) is 0 Å². The van der Waals surface area contributed by atoms with E-state index in [1.54, 1.807) is 12.1 Å². The molecule has 2 heteroatoms. The number of hydrogen-bond acceptors (Lipinski definition) is 0. The van der Waals surface area contributed by atoms with Crippen LogP contribution in [0, 0.1) is 18.1 Å². The molecule has 81 valence electrons. The molecule has 0 heterocycles. The van der Waals surface area contributed by atoms with Gasteiger partial charge in [0.2, 0.25) is 0 Å². The molecular weight excluding hydrogens is 194 g/mol. The molecule has 1 aromatic rings. The lowest BCUT2D eigenvalue weighted by molar-refractivity contribution is 0.475. The van der Waals surface area contributed by atoms with Gasteiger partial charge in [-0.05, 0) is 43.2 Å². The Hall–Kier alpha value is -0.920. The van der Waals surface area contributed by atoms with Crippen molar-refractivity contribution in [3.05, 3.63) is 41.8 Å². The highest BCUT2D eigenvalue weighted by Gasteiger charge is 2.19. The molecule has 1 aliphatic rings. The summed E-state index contributed by atoms with van der Waals surface area (Å²) in [7, 11) is 0. The van der Waals surface area contributed by atoms with Crippen LogP contribution in [0.3, 0.4) is 0 Å². The zero-order valence-electron chi connectivity index (χ0n) is 8.68. The summed E-state index contributed by atoms with van der Waals surface area (Å²) in [6, 6.07) is 4.50. The van der Waals surface area contributed by atoms with Gasteiger partial charge in [-0.25, -0.2) is 8.78 Å². The molecule has 1 unspecified atom stereocenters. The van der Waals surface area contributed by atoms with E-state index in [1.165, 1.54) is 6.07 Å². The molecule has 1 aromatic carbocycles. The van der Waals surface area contributed by atoms with Crippen molar-refractivity contribution in [3.8, 4) is 0 Å². The van der Waals surface area contributed by atoms with E-state index in [1.807, 2.05) is 0 Å². The second-order valence-corrected chi connectivity index (χ2v) is 4.14. The third-order valence-electron chi connectivity index (χ3n) is 3.10. The molecule has 1 aliphatic carbocycles. The van der Waals surface area contributed by atoms with Crippen molar-refractivity contribution in [2.24, 2.45) is 0 Å². The van der Waals surface area contributed by atoms with Crippen molar-refractivity contribution in [1.29, 1.82) is 0 Å². The van der Waals surface area contributed by atoms with Gasteiger partial charge in [0.25, 0.3) is 0 Å². The van der Waals surface area contributed by atoms with Crippen molar-refractivity contribution < 1.29 is 8.78 Å². The molecule has 1 saturated carbocycles. The van der Waals surface area contributed by atoms with Crippen LogP contribution >= 0.6 is 0 Å². The fourth-order valence-electron chi connectivity index (χ4n) is 2.26. The molecule has 0 aliphatic heterocycles. The van der Waals surface area contributed by atoms with E-state index >= 15 is 0 Å². The van der Waals surface area contributed by atoms with E-state index in [-0.39, 0.29) is 5.92 Å². The quantitative estimate of drug-likeness (QED) is 0.607. The van der Waals surface area contributed by atoms with E-state index in [9.17, 15) is 8.78 Å². The summed E-state index contributed by atoms with van der Waals surface area (Å²) in [6.07, 6.45) is 7.36. The fourth-order valence-corrected chi connectivity index (χ4v) is 2.26. The SMILES string of the molecule is Fc1cccc(C2CC[CH]CCC2)c1F. The molecular formula is C13H15F2. The van der Waals surface area contributed by atoms with Crippen molar-refractivity contribution in [2.45, 2.75) is 38.0 Å². The van der Waals surface area contributed by atoms with Gasteiger partial charge in [-0.3, -0.25) is 0 Å². The second kappa shape index (κ2) is 4.73. The predicted octanol–water partition coefficient (Wildman–Crippen LogP) is 4.22. The molecule has 0 spiro atoms. The normalized spacial score (nSPS) is 18.8. The van der Waals surface area contributed by atoms with Gasteiger partial charge in [-0.2, -0.15) is 0 Å². The van der Waals surface area contributed by atoms with E-state index in [0.29, 0.717) is 5.56 Å². The summed E-state index contributed by atoms with van der Waals surface area (Å²) < 4.78 is 26.6. The lowest BCUT2D eigenvalue weighted by atomic mass is 9.91. The summed E-state index contributed by atoms with van der Waals surface area (Å²) in [4.78, 5) is 0. The highest BCUT2D eigenvalue weighted by molar-refractivity contribution is 5.23. The van der Waals surface area contributed by atoms with Crippen LogP contribution in [-0.2, 0) is 0 Å². The predicted molar refractivity (Wildman–Crippen MR) is 56.5 cm³/mol. The first-order valence-electron chi connectivity index (χ1n) is 5.54. The Kier molecular flexibility index (Phi) is 3.34. The van der Waals surface area contributed by atoms with Gasteiger partial charge >= 0.3 is 0 Å². The molecule has 15 heavy (non-hydrogen) atoms.